The number of nitrogens with zero attached hydrogens (tertiary/aromatic N) is 4. The molecule has 2 aliphatic heterocycles. The maximum atomic E-state index is 13.0. The van der Waals surface area contributed by atoms with Crippen LogP contribution in [0.2, 0.25) is 0 Å². The van der Waals surface area contributed by atoms with Crippen LogP contribution >= 0.6 is 12.2 Å². The number of anilines is 3. The topological polar surface area (TPSA) is 56.3 Å². The smallest absolute Gasteiger partial charge is 0.232 e. The lowest BCUT2D eigenvalue weighted by molar-refractivity contribution is 0.355. The summed E-state index contributed by atoms with van der Waals surface area (Å²) in [6, 6.07) is 8.80. The highest BCUT2D eigenvalue weighted by molar-refractivity contribution is 7.80. The van der Waals surface area contributed by atoms with Gasteiger partial charge in [-0.05, 0) is 73.9 Å². The molecule has 178 valence electrons. The third kappa shape index (κ3) is 6.76. The predicted octanol–water partition coefficient (Wildman–Crippen LogP) is 4.62. The molecule has 0 saturated carbocycles. The number of hydrogen-bond acceptors (Lipinski definition) is 5. The molecule has 6 nitrogen and oxygen atoms in total. The number of rotatable bonds is 7. The summed E-state index contributed by atoms with van der Waals surface area (Å²) < 4.78 is 13.0. The maximum absolute atomic E-state index is 13.0. The summed E-state index contributed by atoms with van der Waals surface area (Å²) in [6.07, 6.45) is 5.43. The van der Waals surface area contributed by atoms with Crippen LogP contribution in [0.3, 0.4) is 0 Å². The van der Waals surface area contributed by atoms with Crippen molar-refractivity contribution in [2.75, 3.05) is 47.8 Å². The van der Waals surface area contributed by atoms with Crippen molar-refractivity contribution >= 4 is 34.9 Å². The minimum Gasteiger partial charge on any atom is -0.362 e. The first kappa shape index (κ1) is 23.7. The van der Waals surface area contributed by atoms with E-state index in [1.807, 2.05) is 12.1 Å². The molecule has 0 unspecified atom stereocenters. The van der Waals surface area contributed by atoms with Crippen LogP contribution in [-0.4, -0.2) is 47.8 Å². The zero-order valence-corrected chi connectivity index (χ0v) is 20.5. The number of aryl methyl sites for hydroxylation is 1. The second-order valence-electron chi connectivity index (χ2n) is 9.56. The standard InChI is InChI=1S/C25H35FN6S/c1-18-14-19(2)17-32(16-18)23-15-22(31-12-3-4-13-31)28-24(29-23)30-25(33)27-11-5-6-20-7-9-21(26)10-8-20/h7-10,15,18-19H,3-6,11-14,16-17H2,1-2H3,(H2,27,28,29,30,33)/t18-,19-/m0/s1. The SMILES string of the molecule is C[C@H]1C[C@H](C)CN(c2cc(N3CCCC3)nc(NC(=S)NCCCc3ccc(F)cc3)n2)C1. The summed E-state index contributed by atoms with van der Waals surface area (Å²) in [5.74, 6) is 3.61. The van der Waals surface area contributed by atoms with Gasteiger partial charge in [-0.2, -0.15) is 9.97 Å². The number of aromatic nitrogens is 2. The molecule has 33 heavy (non-hydrogen) atoms. The van der Waals surface area contributed by atoms with Crippen LogP contribution in [0.25, 0.3) is 0 Å². The van der Waals surface area contributed by atoms with Crippen molar-refractivity contribution in [1.29, 1.82) is 0 Å². The predicted molar refractivity (Wildman–Crippen MR) is 138 cm³/mol. The minimum atomic E-state index is -0.203. The van der Waals surface area contributed by atoms with E-state index in [1.54, 1.807) is 0 Å². The molecule has 0 spiro atoms. The van der Waals surface area contributed by atoms with E-state index in [9.17, 15) is 4.39 Å². The van der Waals surface area contributed by atoms with Crippen LogP contribution in [0.4, 0.5) is 22.0 Å². The first-order valence-corrected chi connectivity index (χ1v) is 12.6. The summed E-state index contributed by atoms with van der Waals surface area (Å²) in [5, 5.41) is 6.99. The summed E-state index contributed by atoms with van der Waals surface area (Å²) >= 11 is 5.52. The molecule has 4 rings (SSSR count). The first-order valence-electron chi connectivity index (χ1n) is 12.1. The maximum Gasteiger partial charge on any atom is 0.232 e. The minimum absolute atomic E-state index is 0.203. The third-order valence-electron chi connectivity index (χ3n) is 6.39. The molecule has 1 aromatic heterocycles. The van der Waals surface area contributed by atoms with Crippen LogP contribution in [-0.2, 0) is 6.42 Å². The van der Waals surface area contributed by atoms with Gasteiger partial charge in [-0.15, -0.1) is 0 Å². The van der Waals surface area contributed by atoms with E-state index in [-0.39, 0.29) is 5.82 Å². The molecule has 2 atom stereocenters. The Morgan fingerprint density at radius 3 is 2.33 bits per heavy atom. The fourth-order valence-corrected chi connectivity index (χ4v) is 5.08. The number of thiocarbonyl (C=S) groups is 1. The molecular formula is C25H35FN6S. The Morgan fingerprint density at radius 1 is 1.03 bits per heavy atom. The van der Waals surface area contributed by atoms with E-state index < -0.39 is 0 Å². The van der Waals surface area contributed by atoms with Crippen molar-refractivity contribution in [3.8, 4) is 0 Å². The largest absolute Gasteiger partial charge is 0.362 e. The first-order chi connectivity index (χ1) is 16.0. The molecule has 2 N–H and O–H groups in total. The van der Waals surface area contributed by atoms with Crippen LogP contribution in [0.5, 0.6) is 0 Å². The van der Waals surface area contributed by atoms with Gasteiger partial charge in [0.1, 0.15) is 17.5 Å². The second kappa shape index (κ2) is 11.1. The van der Waals surface area contributed by atoms with Gasteiger partial charge in [-0.1, -0.05) is 26.0 Å². The average molecular weight is 471 g/mol. The molecule has 1 aromatic carbocycles. The molecule has 0 bridgehead atoms. The van der Waals surface area contributed by atoms with Gasteiger partial charge < -0.3 is 20.4 Å². The second-order valence-corrected chi connectivity index (χ2v) is 9.97. The van der Waals surface area contributed by atoms with Crippen molar-refractivity contribution in [2.45, 2.75) is 46.0 Å². The zero-order chi connectivity index (χ0) is 23.2. The Kier molecular flexibility index (Phi) is 7.96. The van der Waals surface area contributed by atoms with E-state index in [4.69, 9.17) is 22.2 Å². The van der Waals surface area contributed by atoms with E-state index in [0.717, 1.165) is 62.8 Å². The fraction of sp³-hybridized carbons (Fsp3) is 0.560. The van der Waals surface area contributed by atoms with Gasteiger partial charge in [-0.3, -0.25) is 0 Å². The van der Waals surface area contributed by atoms with Gasteiger partial charge in [-0.25, -0.2) is 4.39 Å². The molecule has 3 heterocycles. The number of benzene rings is 1. The molecule has 0 amide bonds. The molecule has 2 aliphatic rings. The monoisotopic (exact) mass is 470 g/mol. The quantitative estimate of drug-likeness (QED) is 0.452. The zero-order valence-electron chi connectivity index (χ0n) is 19.7. The normalized spacial score (nSPS) is 20.7. The van der Waals surface area contributed by atoms with Gasteiger partial charge in [0, 0.05) is 38.8 Å². The van der Waals surface area contributed by atoms with Crippen molar-refractivity contribution in [1.82, 2.24) is 15.3 Å². The molecular weight excluding hydrogens is 435 g/mol. The van der Waals surface area contributed by atoms with Gasteiger partial charge >= 0.3 is 0 Å². The van der Waals surface area contributed by atoms with Gasteiger partial charge in [0.2, 0.25) is 5.95 Å². The number of piperidine rings is 1. The van der Waals surface area contributed by atoms with Crippen molar-refractivity contribution < 1.29 is 4.39 Å². The van der Waals surface area contributed by atoms with Crippen LogP contribution in [0, 0.1) is 17.7 Å². The number of hydrogen-bond donors (Lipinski definition) is 2. The Hall–Kier alpha value is -2.48. The van der Waals surface area contributed by atoms with E-state index >= 15 is 0 Å². The molecule has 0 aliphatic carbocycles. The van der Waals surface area contributed by atoms with Gasteiger partial charge in [0.25, 0.3) is 0 Å². The highest BCUT2D eigenvalue weighted by Crippen LogP contribution is 2.29. The highest BCUT2D eigenvalue weighted by Gasteiger charge is 2.25. The van der Waals surface area contributed by atoms with Gasteiger partial charge in [0.15, 0.2) is 5.11 Å². The van der Waals surface area contributed by atoms with Crippen molar-refractivity contribution in [3.63, 3.8) is 0 Å². The van der Waals surface area contributed by atoms with Crippen molar-refractivity contribution in [3.05, 3.63) is 41.7 Å². The summed E-state index contributed by atoms with van der Waals surface area (Å²) in [5.41, 5.74) is 1.12. The lowest BCUT2D eigenvalue weighted by atomic mass is 9.92. The molecule has 0 radical (unpaired) electrons. The lowest BCUT2D eigenvalue weighted by Crippen LogP contribution is -2.39. The number of halogens is 1. The molecule has 8 heteroatoms. The van der Waals surface area contributed by atoms with Crippen LogP contribution in [0.1, 0.15) is 45.1 Å². The Morgan fingerprint density at radius 2 is 1.67 bits per heavy atom. The Balaban J connectivity index is 1.38. The third-order valence-corrected chi connectivity index (χ3v) is 6.63. The Labute approximate surface area is 202 Å². The van der Waals surface area contributed by atoms with Gasteiger partial charge in [0.05, 0.1) is 0 Å². The summed E-state index contributed by atoms with van der Waals surface area (Å²) in [7, 11) is 0. The highest BCUT2D eigenvalue weighted by atomic mass is 32.1. The Bertz CT molecular complexity index is 921. The average Bonchev–Trinajstić information content (AvgIpc) is 3.32. The van der Waals surface area contributed by atoms with E-state index in [2.05, 4.69) is 40.3 Å². The molecule has 2 saturated heterocycles. The van der Waals surface area contributed by atoms with Crippen LogP contribution < -0.4 is 20.4 Å². The fourth-order valence-electron chi connectivity index (χ4n) is 4.89. The molecule has 2 aromatic rings. The van der Waals surface area contributed by atoms with Crippen molar-refractivity contribution in [2.24, 2.45) is 11.8 Å². The van der Waals surface area contributed by atoms with Crippen LogP contribution in [0.15, 0.2) is 30.3 Å². The molecule has 2 fully saturated rings. The summed E-state index contributed by atoms with van der Waals surface area (Å²) in [6.45, 7) is 9.47. The van der Waals surface area contributed by atoms with E-state index in [1.165, 1.54) is 31.4 Å². The lowest BCUT2D eigenvalue weighted by Gasteiger charge is -2.36. The summed E-state index contributed by atoms with van der Waals surface area (Å²) in [4.78, 5) is 14.4. The van der Waals surface area contributed by atoms with E-state index in [0.29, 0.717) is 22.9 Å². The number of nitrogens with one attached hydrogen (secondary N) is 2.